The molecule has 0 amide bonds. The van der Waals surface area contributed by atoms with Gasteiger partial charge in [0.25, 0.3) is 0 Å². The van der Waals surface area contributed by atoms with E-state index in [2.05, 4.69) is 4.74 Å². The molecule has 17 heavy (non-hydrogen) atoms. The molecule has 0 aliphatic heterocycles. The second kappa shape index (κ2) is 5.53. The Kier molecular flexibility index (Phi) is 4.33. The molecule has 0 saturated heterocycles. The maximum Gasteiger partial charge on any atom is 0.522 e. The summed E-state index contributed by atoms with van der Waals surface area (Å²) in [6, 6.07) is 6.34. The van der Waals surface area contributed by atoms with Gasteiger partial charge in [-0.3, -0.25) is 10.1 Å². The highest BCUT2D eigenvalue weighted by molar-refractivity contribution is 5.97. The van der Waals surface area contributed by atoms with E-state index in [1.807, 2.05) is 0 Å². The molecule has 0 aliphatic carbocycles. The molecule has 3 N–H and O–H groups in total. The van der Waals surface area contributed by atoms with Crippen LogP contribution in [0, 0.1) is 5.41 Å². The van der Waals surface area contributed by atoms with E-state index in [4.69, 9.17) is 15.9 Å². The maximum absolute atomic E-state index is 11.7. The van der Waals surface area contributed by atoms with Crippen LogP contribution in [0.3, 0.4) is 0 Å². The average molecular weight is 248 g/mol. The second-order valence-corrected chi connectivity index (χ2v) is 3.05. The lowest BCUT2D eigenvalue weighted by Gasteiger charge is -2.11. The lowest BCUT2D eigenvalue weighted by Crippen LogP contribution is -2.19. The summed E-state index contributed by atoms with van der Waals surface area (Å²) in [5.41, 5.74) is 5.61. The fourth-order valence-electron chi connectivity index (χ4n) is 1.12. The van der Waals surface area contributed by atoms with Gasteiger partial charge < -0.3 is 10.5 Å². The quantitative estimate of drug-likeness (QED) is 0.475. The van der Waals surface area contributed by atoms with E-state index in [0.29, 0.717) is 5.56 Å². The molecule has 0 atom stereocenters. The molecule has 0 heterocycles. The number of para-hydroxylation sites is 1. The third-order valence-electron chi connectivity index (χ3n) is 1.78. The molecule has 1 aromatic rings. The number of nitrogens with one attached hydrogen (secondary N) is 1. The first kappa shape index (κ1) is 13.3. The van der Waals surface area contributed by atoms with Gasteiger partial charge in [0.2, 0.25) is 0 Å². The van der Waals surface area contributed by atoms with Gasteiger partial charge in [-0.25, -0.2) is 0 Å². The molecule has 1 aromatic carbocycles. The van der Waals surface area contributed by atoms with Crippen molar-refractivity contribution in [3.05, 3.63) is 29.8 Å². The number of amidine groups is 1. The van der Waals surface area contributed by atoms with Crippen LogP contribution < -0.4 is 10.5 Å². The van der Waals surface area contributed by atoms with Crippen molar-refractivity contribution in [2.75, 3.05) is 13.2 Å². The third kappa shape index (κ3) is 4.73. The summed E-state index contributed by atoms with van der Waals surface area (Å²) in [6.45, 7) is -0.889. The number of nitrogen functional groups attached to an aromatic ring is 1. The largest absolute Gasteiger partial charge is 0.522 e. The smallest absolute Gasteiger partial charge is 0.490 e. The van der Waals surface area contributed by atoms with Crippen molar-refractivity contribution < 1.29 is 22.6 Å². The van der Waals surface area contributed by atoms with Gasteiger partial charge in [-0.05, 0) is 12.1 Å². The van der Waals surface area contributed by atoms with Crippen molar-refractivity contribution in [3.63, 3.8) is 0 Å². The number of ether oxygens (including phenoxy) is 2. The number of halogens is 3. The summed E-state index contributed by atoms with van der Waals surface area (Å²) in [5, 5.41) is 7.24. The zero-order chi connectivity index (χ0) is 12.9. The van der Waals surface area contributed by atoms with E-state index in [1.165, 1.54) is 6.07 Å². The summed E-state index contributed by atoms with van der Waals surface area (Å²) >= 11 is 0. The van der Waals surface area contributed by atoms with Gasteiger partial charge in [0, 0.05) is 0 Å². The molecule has 4 nitrogen and oxygen atoms in total. The molecule has 0 aliphatic rings. The fraction of sp³-hybridized carbons (Fsp3) is 0.300. The molecule has 0 aromatic heterocycles. The summed E-state index contributed by atoms with van der Waals surface area (Å²) < 4.78 is 43.6. The van der Waals surface area contributed by atoms with E-state index in [-0.39, 0.29) is 18.2 Å². The van der Waals surface area contributed by atoms with E-state index >= 15 is 0 Å². The third-order valence-corrected chi connectivity index (χ3v) is 1.78. The summed E-state index contributed by atoms with van der Waals surface area (Å²) in [7, 11) is 0. The molecule has 0 radical (unpaired) electrons. The lowest BCUT2D eigenvalue weighted by atomic mass is 10.2. The highest BCUT2D eigenvalue weighted by Gasteiger charge is 2.28. The average Bonchev–Trinajstić information content (AvgIpc) is 2.23. The van der Waals surface area contributed by atoms with Crippen LogP contribution >= 0.6 is 0 Å². The Morgan fingerprint density at radius 1 is 1.24 bits per heavy atom. The highest BCUT2D eigenvalue weighted by atomic mass is 19.4. The van der Waals surface area contributed by atoms with Crippen LogP contribution in [0.2, 0.25) is 0 Å². The van der Waals surface area contributed by atoms with Crippen LogP contribution in [0.4, 0.5) is 13.2 Å². The number of benzene rings is 1. The van der Waals surface area contributed by atoms with Crippen LogP contribution in [0.1, 0.15) is 5.56 Å². The molecule has 7 heteroatoms. The first-order valence-corrected chi connectivity index (χ1v) is 4.67. The topological polar surface area (TPSA) is 68.3 Å². The summed E-state index contributed by atoms with van der Waals surface area (Å²) in [4.78, 5) is 0. The van der Waals surface area contributed by atoms with E-state index < -0.39 is 13.0 Å². The molecular weight excluding hydrogens is 237 g/mol. The van der Waals surface area contributed by atoms with E-state index in [1.54, 1.807) is 18.2 Å². The molecule has 0 spiro atoms. The van der Waals surface area contributed by atoms with Crippen molar-refractivity contribution in [2.24, 2.45) is 5.73 Å². The first-order chi connectivity index (χ1) is 7.90. The minimum absolute atomic E-state index is 0.211. The standard InChI is InChI=1S/C10H11F3N2O2/c11-10(12,13)17-6-5-16-8-4-2-1-3-7(8)9(14)15/h1-4H,5-6H2,(H3,14,15). The van der Waals surface area contributed by atoms with Gasteiger partial charge in [0.15, 0.2) is 0 Å². The van der Waals surface area contributed by atoms with Crippen LogP contribution in [-0.2, 0) is 4.74 Å². The first-order valence-electron chi connectivity index (χ1n) is 4.67. The molecule has 0 bridgehead atoms. The Labute approximate surface area is 95.6 Å². The van der Waals surface area contributed by atoms with Crippen LogP contribution in [0.5, 0.6) is 5.75 Å². The van der Waals surface area contributed by atoms with Crippen molar-refractivity contribution in [1.82, 2.24) is 0 Å². The maximum atomic E-state index is 11.7. The van der Waals surface area contributed by atoms with E-state index in [0.717, 1.165) is 0 Å². The van der Waals surface area contributed by atoms with Gasteiger partial charge in [-0.1, -0.05) is 12.1 Å². The molecule has 1 rings (SSSR count). The summed E-state index contributed by atoms with van der Waals surface area (Å²) in [6.07, 6.45) is -4.66. The summed E-state index contributed by atoms with van der Waals surface area (Å²) in [5.74, 6) is 0.0446. The predicted molar refractivity (Wildman–Crippen MR) is 55.0 cm³/mol. The Balaban J connectivity index is 2.49. The molecule has 0 unspecified atom stereocenters. The Bertz CT molecular complexity index is 393. The van der Waals surface area contributed by atoms with Gasteiger partial charge >= 0.3 is 6.36 Å². The monoisotopic (exact) mass is 248 g/mol. The number of nitrogens with two attached hydrogens (primary N) is 1. The predicted octanol–water partition coefficient (Wildman–Crippen LogP) is 1.89. The Hall–Kier alpha value is -1.76. The highest BCUT2D eigenvalue weighted by Crippen LogP contribution is 2.18. The minimum Gasteiger partial charge on any atom is -0.490 e. The van der Waals surface area contributed by atoms with Gasteiger partial charge in [0.1, 0.15) is 18.2 Å². The zero-order valence-corrected chi connectivity index (χ0v) is 8.75. The van der Waals surface area contributed by atoms with Crippen molar-refractivity contribution in [1.29, 1.82) is 5.41 Å². The van der Waals surface area contributed by atoms with Crippen molar-refractivity contribution in [3.8, 4) is 5.75 Å². The number of hydrogen-bond acceptors (Lipinski definition) is 3. The van der Waals surface area contributed by atoms with Gasteiger partial charge in [-0.15, -0.1) is 13.2 Å². The molecule has 0 fully saturated rings. The Morgan fingerprint density at radius 2 is 1.88 bits per heavy atom. The molecule has 94 valence electrons. The van der Waals surface area contributed by atoms with Crippen molar-refractivity contribution >= 4 is 5.84 Å². The van der Waals surface area contributed by atoms with Crippen molar-refractivity contribution in [2.45, 2.75) is 6.36 Å². The molecule has 0 saturated carbocycles. The Morgan fingerprint density at radius 3 is 2.47 bits per heavy atom. The number of rotatable bonds is 5. The zero-order valence-electron chi connectivity index (χ0n) is 8.75. The van der Waals surface area contributed by atoms with Crippen LogP contribution in [-0.4, -0.2) is 25.4 Å². The van der Waals surface area contributed by atoms with Crippen LogP contribution in [0.15, 0.2) is 24.3 Å². The fourth-order valence-corrected chi connectivity index (χ4v) is 1.12. The normalized spacial score (nSPS) is 11.2. The molecular formula is C10H11F3N2O2. The lowest BCUT2D eigenvalue weighted by molar-refractivity contribution is -0.325. The van der Waals surface area contributed by atoms with Gasteiger partial charge in [0.05, 0.1) is 12.2 Å². The SMILES string of the molecule is N=C(N)c1ccccc1OCCOC(F)(F)F. The minimum atomic E-state index is -4.66. The van der Waals surface area contributed by atoms with Crippen LogP contribution in [0.25, 0.3) is 0 Å². The number of alkyl halides is 3. The van der Waals surface area contributed by atoms with Gasteiger partial charge in [-0.2, -0.15) is 0 Å². The second-order valence-electron chi connectivity index (χ2n) is 3.05. The number of hydrogen-bond donors (Lipinski definition) is 2. The van der Waals surface area contributed by atoms with E-state index in [9.17, 15) is 13.2 Å².